The zero-order chi connectivity index (χ0) is 19.3. The molecule has 2 heterocycles. The zero-order valence-electron chi connectivity index (χ0n) is 12.7. The number of fused-ring (bicyclic) bond motifs is 1. The molecule has 0 aromatic carbocycles. The minimum atomic E-state index is -4.86. The van der Waals surface area contributed by atoms with E-state index in [-0.39, 0.29) is 35.5 Å². The van der Waals surface area contributed by atoms with Crippen molar-refractivity contribution in [3.05, 3.63) is 16.8 Å². The number of phosphoric ester groups is 1. The van der Waals surface area contributed by atoms with Crippen molar-refractivity contribution < 1.29 is 33.2 Å². The van der Waals surface area contributed by atoms with Crippen molar-refractivity contribution in [2.24, 2.45) is 5.11 Å². The second-order valence-electron chi connectivity index (χ2n) is 4.53. The second-order valence-corrected chi connectivity index (χ2v) is 5.77. The molecule has 0 bridgehead atoms. The molecule has 16 heteroatoms. The Bertz CT molecular complexity index is 919. The maximum absolute atomic E-state index is 11.4. The van der Waals surface area contributed by atoms with E-state index in [0.717, 1.165) is 10.9 Å². The lowest BCUT2D eigenvalue weighted by Gasteiger charge is -2.19. The average molecular weight is 386 g/mol. The number of ether oxygens (including phenoxy) is 1. The van der Waals surface area contributed by atoms with Crippen LogP contribution in [0.2, 0.25) is 0 Å². The van der Waals surface area contributed by atoms with E-state index < -0.39 is 26.8 Å². The first-order chi connectivity index (χ1) is 12.3. The van der Waals surface area contributed by atoms with Crippen LogP contribution in [0, 0.1) is 0 Å². The second kappa shape index (κ2) is 7.97. The van der Waals surface area contributed by atoms with Gasteiger partial charge in [0.15, 0.2) is 35.8 Å². The molecular weight excluding hydrogens is 375 g/mol. The van der Waals surface area contributed by atoms with Crippen LogP contribution >= 0.6 is 7.82 Å². The van der Waals surface area contributed by atoms with Crippen LogP contribution in [0.3, 0.4) is 0 Å². The highest BCUT2D eigenvalue weighted by Crippen LogP contribution is 2.36. The molecule has 2 atom stereocenters. The van der Waals surface area contributed by atoms with Crippen molar-refractivity contribution in [1.29, 1.82) is 0 Å². The van der Waals surface area contributed by atoms with Gasteiger partial charge in [-0.05, 0) is 10.6 Å². The number of rotatable bonds is 9. The van der Waals surface area contributed by atoms with Gasteiger partial charge in [0.2, 0.25) is 5.95 Å². The number of nitrogens with zero attached hydrogens (tertiary/aromatic N) is 7. The third kappa shape index (κ3) is 4.37. The van der Waals surface area contributed by atoms with Crippen LogP contribution in [0.5, 0.6) is 0 Å². The Labute approximate surface area is 143 Å². The number of carbonyl (C=O) groups is 2. The molecule has 2 aromatic rings. The van der Waals surface area contributed by atoms with E-state index >= 15 is 0 Å². The summed E-state index contributed by atoms with van der Waals surface area (Å²) in [6.07, 6.45) is -1.67. The Kier molecular flexibility index (Phi) is 5.94. The van der Waals surface area contributed by atoms with Gasteiger partial charge < -0.3 is 25.1 Å². The molecule has 0 aliphatic rings. The van der Waals surface area contributed by atoms with E-state index in [4.69, 9.17) is 25.8 Å². The lowest BCUT2D eigenvalue weighted by Crippen LogP contribution is -2.27. The summed E-state index contributed by atoms with van der Waals surface area (Å²) in [5.74, 6) is -0.420. The monoisotopic (exact) mass is 386 g/mol. The van der Waals surface area contributed by atoms with Gasteiger partial charge in [0.1, 0.15) is 12.4 Å². The fraction of sp³-hybridized carbons (Fsp3) is 0.300. The summed E-state index contributed by atoms with van der Waals surface area (Å²) in [5.41, 5.74) is 14.3. The van der Waals surface area contributed by atoms with Crippen molar-refractivity contribution in [2.75, 3.05) is 12.3 Å². The van der Waals surface area contributed by atoms with Gasteiger partial charge in [-0.3, -0.25) is 13.9 Å². The van der Waals surface area contributed by atoms with Crippen molar-refractivity contribution in [1.82, 2.24) is 19.5 Å². The standard InChI is InChI=1S/C10H11N8O7P/c11-8-7-9(14-4-13-8)18(10(15-7)16-17-12)6(2-20)25-5(1-19)3-24-26(21,22)23/h1-2,4-6H,3H2,(H2,11,13,14)(H2,21,22,23)/t5-,6+/m1/s1. The number of aromatic nitrogens is 4. The van der Waals surface area contributed by atoms with Gasteiger partial charge in [-0.15, -0.1) is 0 Å². The molecule has 0 saturated heterocycles. The number of nitrogens with two attached hydrogens (primary N) is 1. The van der Waals surface area contributed by atoms with E-state index in [1.165, 1.54) is 0 Å². The predicted octanol–water partition coefficient (Wildman–Crippen LogP) is -0.259. The summed E-state index contributed by atoms with van der Waals surface area (Å²) in [4.78, 5) is 53.9. The molecule has 0 amide bonds. The van der Waals surface area contributed by atoms with Crippen molar-refractivity contribution in [2.45, 2.75) is 12.3 Å². The van der Waals surface area contributed by atoms with Crippen LogP contribution in [0.1, 0.15) is 6.23 Å². The summed E-state index contributed by atoms with van der Waals surface area (Å²) < 4.78 is 21.0. The van der Waals surface area contributed by atoms with E-state index in [9.17, 15) is 14.2 Å². The number of hydrogen-bond acceptors (Lipinski definition) is 10. The number of azide groups is 1. The fourth-order valence-corrected chi connectivity index (χ4v) is 2.21. The van der Waals surface area contributed by atoms with Crippen LogP contribution in [-0.2, 0) is 23.4 Å². The number of nitrogen functional groups attached to an aromatic ring is 1. The topological polar surface area (TPSA) is 229 Å². The lowest BCUT2D eigenvalue weighted by atomic mass is 10.4. The molecule has 2 aromatic heterocycles. The maximum atomic E-state index is 11.4. The largest absolute Gasteiger partial charge is 0.469 e. The highest BCUT2D eigenvalue weighted by molar-refractivity contribution is 7.46. The molecule has 0 spiro atoms. The molecule has 0 fully saturated rings. The molecule has 0 unspecified atom stereocenters. The van der Waals surface area contributed by atoms with E-state index in [2.05, 4.69) is 29.5 Å². The third-order valence-electron chi connectivity index (χ3n) is 2.86. The minimum absolute atomic E-state index is 0.0134. The van der Waals surface area contributed by atoms with Gasteiger partial charge in [-0.25, -0.2) is 19.5 Å². The van der Waals surface area contributed by atoms with Gasteiger partial charge >= 0.3 is 7.82 Å². The lowest BCUT2D eigenvalue weighted by molar-refractivity contribution is -0.138. The van der Waals surface area contributed by atoms with Gasteiger partial charge in [0, 0.05) is 4.91 Å². The molecule has 15 nitrogen and oxygen atoms in total. The number of hydrogen-bond donors (Lipinski definition) is 3. The normalized spacial score (nSPS) is 13.8. The summed E-state index contributed by atoms with van der Waals surface area (Å²) in [7, 11) is -4.86. The Hall–Kier alpha value is -2.93. The zero-order valence-corrected chi connectivity index (χ0v) is 13.6. The molecular formula is C10H11N8O7P. The molecule has 0 saturated carbocycles. The number of aldehydes is 2. The highest BCUT2D eigenvalue weighted by Gasteiger charge is 2.26. The Morgan fingerprint density at radius 3 is 2.73 bits per heavy atom. The third-order valence-corrected chi connectivity index (χ3v) is 3.35. The molecule has 0 radical (unpaired) electrons. The Morgan fingerprint density at radius 2 is 2.15 bits per heavy atom. The van der Waals surface area contributed by atoms with Crippen molar-refractivity contribution in [3.63, 3.8) is 0 Å². The van der Waals surface area contributed by atoms with Crippen LogP contribution in [0.4, 0.5) is 11.8 Å². The van der Waals surface area contributed by atoms with E-state index in [1.807, 2.05) is 0 Å². The number of imidazole rings is 1. The van der Waals surface area contributed by atoms with Gasteiger partial charge in [0.25, 0.3) is 0 Å². The molecule has 2 rings (SSSR count). The summed E-state index contributed by atoms with van der Waals surface area (Å²) in [6, 6.07) is 0. The Balaban J connectivity index is 2.42. The van der Waals surface area contributed by atoms with E-state index in [1.54, 1.807) is 0 Å². The quantitative estimate of drug-likeness (QED) is 0.167. The first kappa shape index (κ1) is 19.4. The van der Waals surface area contributed by atoms with Crippen LogP contribution in [0.15, 0.2) is 11.4 Å². The molecule has 0 aliphatic heterocycles. The maximum Gasteiger partial charge on any atom is 0.469 e. The summed E-state index contributed by atoms with van der Waals surface area (Å²) in [6.45, 7) is -0.835. The van der Waals surface area contributed by atoms with Crippen LogP contribution in [-0.4, -0.2) is 54.6 Å². The number of anilines is 1. The predicted molar refractivity (Wildman–Crippen MR) is 82.6 cm³/mol. The molecule has 138 valence electrons. The van der Waals surface area contributed by atoms with Crippen LogP contribution in [0.25, 0.3) is 21.6 Å². The van der Waals surface area contributed by atoms with E-state index in [0.29, 0.717) is 0 Å². The van der Waals surface area contributed by atoms with Gasteiger partial charge in [-0.2, -0.15) is 0 Å². The molecule has 4 N–H and O–H groups in total. The summed E-state index contributed by atoms with van der Waals surface area (Å²) >= 11 is 0. The smallest absolute Gasteiger partial charge is 0.382 e. The van der Waals surface area contributed by atoms with Gasteiger partial charge in [0.05, 0.1) is 6.61 Å². The van der Waals surface area contributed by atoms with Gasteiger partial charge in [-0.1, -0.05) is 0 Å². The Morgan fingerprint density at radius 1 is 1.42 bits per heavy atom. The number of carbonyl (C=O) groups excluding carboxylic acids is 2. The van der Waals surface area contributed by atoms with Crippen molar-refractivity contribution in [3.8, 4) is 0 Å². The SMILES string of the molecule is [N-]=[N+]=Nc1nc2c(N)ncnc2n1[C@H](C=O)O[C@H](C=O)COP(=O)(O)O. The molecule has 0 aliphatic carbocycles. The minimum Gasteiger partial charge on any atom is -0.382 e. The first-order valence-corrected chi connectivity index (χ1v) is 8.13. The first-order valence-electron chi connectivity index (χ1n) is 6.60. The highest BCUT2D eigenvalue weighted by atomic mass is 31.2. The number of phosphoric acid groups is 1. The van der Waals surface area contributed by atoms with Crippen LogP contribution < -0.4 is 5.73 Å². The van der Waals surface area contributed by atoms with Crippen molar-refractivity contribution >= 4 is 43.3 Å². The molecule has 26 heavy (non-hydrogen) atoms. The summed E-state index contributed by atoms with van der Waals surface area (Å²) in [5, 5.41) is 3.30. The fourth-order valence-electron chi connectivity index (χ4n) is 1.87. The average Bonchev–Trinajstić information content (AvgIpc) is 2.94.